The predicted molar refractivity (Wildman–Crippen MR) is 98.4 cm³/mol. The number of carbonyl (C=O) groups is 1. The van der Waals surface area contributed by atoms with Crippen molar-refractivity contribution in [3.8, 4) is 29.1 Å². The third-order valence-corrected chi connectivity index (χ3v) is 3.60. The van der Waals surface area contributed by atoms with Crippen LogP contribution >= 0.6 is 0 Å². The zero-order chi connectivity index (χ0) is 19.8. The van der Waals surface area contributed by atoms with E-state index in [2.05, 4.69) is 17.2 Å². The molecule has 0 aliphatic carbocycles. The van der Waals surface area contributed by atoms with E-state index in [4.69, 9.17) is 14.2 Å². The Morgan fingerprint density at radius 3 is 2.26 bits per heavy atom. The van der Waals surface area contributed by atoms with Crippen molar-refractivity contribution in [2.75, 3.05) is 27.9 Å². The second-order valence-electron chi connectivity index (χ2n) is 5.19. The topological polar surface area (TPSA) is 99.9 Å². The lowest BCUT2D eigenvalue weighted by Gasteiger charge is -2.10. The number of carbonyl (C=O) groups excluding carboxylic acids is 1. The Hall–Kier alpha value is -3.73. The monoisotopic (exact) mass is 370 g/mol. The van der Waals surface area contributed by atoms with Gasteiger partial charge >= 0.3 is 0 Å². The van der Waals surface area contributed by atoms with Gasteiger partial charge in [-0.25, -0.2) is 0 Å². The summed E-state index contributed by atoms with van der Waals surface area (Å²) in [7, 11) is 4.31. The molecular formula is C19H18N2O6. The lowest BCUT2D eigenvalue weighted by molar-refractivity contribution is -0.385. The quantitative estimate of drug-likeness (QED) is 0.476. The van der Waals surface area contributed by atoms with Gasteiger partial charge in [0.25, 0.3) is 11.6 Å². The predicted octanol–water partition coefficient (Wildman–Crippen LogP) is 2.40. The third-order valence-electron chi connectivity index (χ3n) is 3.60. The van der Waals surface area contributed by atoms with E-state index in [0.717, 1.165) is 17.4 Å². The Balaban J connectivity index is 2.13. The summed E-state index contributed by atoms with van der Waals surface area (Å²) in [5.74, 6) is 6.14. The molecule has 0 unspecified atom stereocenters. The van der Waals surface area contributed by atoms with Gasteiger partial charge in [-0.15, -0.1) is 0 Å². The molecular weight excluding hydrogens is 352 g/mol. The van der Waals surface area contributed by atoms with E-state index in [1.54, 1.807) is 31.4 Å². The molecule has 2 aromatic carbocycles. The van der Waals surface area contributed by atoms with Crippen molar-refractivity contribution in [3.63, 3.8) is 0 Å². The lowest BCUT2D eigenvalue weighted by Crippen LogP contribution is -2.24. The summed E-state index contributed by atoms with van der Waals surface area (Å²) in [6.45, 7) is 0.0242. The number of nitro groups is 1. The average Bonchev–Trinajstić information content (AvgIpc) is 2.70. The molecule has 2 aromatic rings. The minimum Gasteiger partial charge on any atom is -0.497 e. The summed E-state index contributed by atoms with van der Waals surface area (Å²) >= 11 is 0. The Morgan fingerprint density at radius 1 is 1.07 bits per heavy atom. The van der Waals surface area contributed by atoms with Gasteiger partial charge in [-0.3, -0.25) is 14.9 Å². The second kappa shape index (κ2) is 9.10. The number of nitrogens with zero attached hydrogens (tertiary/aromatic N) is 1. The molecule has 1 amide bonds. The van der Waals surface area contributed by atoms with Gasteiger partial charge in [0.05, 0.1) is 38.9 Å². The van der Waals surface area contributed by atoms with Crippen LogP contribution in [0.2, 0.25) is 0 Å². The van der Waals surface area contributed by atoms with Gasteiger partial charge in [-0.1, -0.05) is 11.8 Å². The smallest absolute Gasteiger partial charge is 0.286 e. The number of benzene rings is 2. The van der Waals surface area contributed by atoms with E-state index in [1.165, 1.54) is 20.3 Å². The van der Waals surface area contributed by atoms with Gasteiger partial charge in [-0.05, 0) is 24.3 Å². The summed E-state index contributed by atoms with van der Waals surface area (Å²) in [5.41, 5.74) is 0.235. The van der Waals surface area contributed by atoms with Crippen molar-refractivity contribution in [3.05, 3.63) is 57.6 Å². The highest BCUT2D eigenvalue weighted by Gasteiger charge is 2.24. The second-order valence-corrected chi connectivity index (χ2v) is 5.19. The van der Waals surface area contributed by atoms with Gasteiger partial charge in [0.15, 0.2) is 11.5 Å². The van der Waals surface area contributed by atoms with Crippen LogP contribution in [0.1, 0.15) is 15.9 Å². The van der Waals surface area contributed by atoms with Crippen LogP contribution in [0.4, 0.5) is 5.69 Å². The number of nitro benzene ring substituents is 1. The molecule has 0 fully saturated rings. The van der Waals surface area contributed by atoms with Crippen LogP contribution in [-0.2, 0) is 0 Å². The first-order valence-electron chi connectivity index (χ1n) is 7.81. The molecule has 1 N–H and O–H groups in total. The average molecular weight is 370 g/mol. The fourth-order valence-corrected chi connectivity index (χ4v) is 2.24. The number of ether oxygens (including phenoxy) is 3. The van der Waals surface area contributed by atoms with Crippen molar-refractivity contribution in [1.82, 2.24) is 5.32 Å². The number of methoxy groups -OCH3 is 3. The zero-order valence-electron chi connectivity index (χ0n) is 15.1. The molecule has 0 aliphatic rings. The molecule has 0 bridgehead atoms. The molecule has 0 radical (unpaired) electrons. The van der Waals surface area contributed by atoms with Gasteiger partial charge in [0.2, 0.25) is 0 Å². The summed E-state index contributed by atoms with van der Waals surface area (Å²) < 4.78 is 15.2. The van der Waals surface area contributed by atoms with E-state index >= 15 is 0 Å². The summed E-state index contributed by atoms with van der Waals surface area (Å²) in [6, 6.07) is 9.53. The Labute approximate surface area is 156 Å². The van der Waals surface area contributed by atoms with E-state index < -0.39 is 10.8 Å². The molecule has 8 heteroatoms. The number of hydrogen-bond acceptors (Lipinski definition) is 6. The first-order chi connectivity index (χ1) is 13.0. The number of nitrogens with one attached hydrogen (secondary N) is 1. The van der Waals surface area contributed by atoms with Crippen molar-refractivity contribution < 1.29 is 23.9 Å². The van der Waals surface area contributed by atoms with Gasteiger partial charge in [0, 0.05) is 11.6 Å². The van der Waals surface area contributed by atoms with Crippen LogP contribution < -0.4 is 19.5 Å². The van der Waals surface area contributed by atoms with E-state index in [-0.39, 0.29) is 29.3 Å². The summed E-state index contributed by atoms with van der Waals surface area (Å²) in [4.78, 5) is 22.9. The van der Waals surface area contributed by atoms with Gasteiger partial charge < -0.3 is 19.5 Å². The minimum atomic E-state index is -0.653. The maximum Gasteiger partial charge on any atom is 0.286 e. The number of hydrogen-bond donors (Lipinski definition) is 1. The Bertz CT molecular complexity index is 897. The molecule has 0 heterocycles. The van der Waals surface area contributed by atoms with E-state index in [9.17, 15) is 14.9 Å². The molecule has 8 nitrogen and oxygen atoms in total. The molecule has 0 spiro atoms. The fourth-order valence-electron chi connectivity index (χ4n) is 2.24. The third kappa shape index (κ3) is 4.89. The Morgan fingerprint density at radius 2 is 1.70 bits per heavy atom. The summed E-state index contributed by atoms with van der Waals surface area (Å²) in [6.07, 6.45) is 0. The molecule has 0 atom stereocenters. The molecule has 2 rings (SSSR count). The normalized spacial score (nSPS) is 9.59. The first-order valence-corrected chi connectivity index (χ1v) is 7.81. The molecule has 0 aliphatic heterocycles. The van der Waals surface area contributed by atoms with Crippen LogP contribution in [0.3, 0.4) is 0 Å². The van der Waals surface area contributed by atoms with Gasteiger partial charge in [-0.2, -0.15) is 0 Å². The lowest BCUT2D eigenvalue weighted by atomic mass is 10.1. The highest BCUT2D eigenvalue weighted by atomic mass is 16.6. The van der Waals surface area contributed by atoms with E-state index in [0.29, 0.717) is 0 Å². The molecule has 0 saturated heterocycles. The highest BCUT2D eigenvalue weighted by molar-refractivity contribution is 5.99. The fraction of sp³-hybridized carbons (Fsp3) is 0.211. The van der Waals surface area contributed by atoms with Crippen molar-refractivity contribution in [2.45, 2.75) is 0 Å². The van der Waals surface area contributed by atoms with Crippen molar-refractivity contribution in [1.29, 1.82) is 0 Å². The Kier molecular flexibility index (Phi) is 6.61. The van der Waals surface area contributed by atoms with Gasteiger partial charge in [0.1, 0.15) is 11.3 Å². The number of amides is 1. The van der Waals surface area contributed by atoms with Crippen molar-refractivity contribution >= 4 is 11.6 Å². The molecule has 0 saturated carbocycles. The SMILES string of the molecule is COc1ccc(C#CCNC(=O)c2cc(OC)c(OC)cc2[N+](=O)[O-])cc1. The van der Waals surface area contributed by atoms with Crippen molar-refractivity contribution in [2.24, 2.45) is 0 Å². The van der Waals surface area contributed by atoms with Crippen LogP contribution in [0.5, 0.6) is 17.2 Å². The summed E-state index contributed by atoms with van der Waals surface area (Å²) in [5, 5.41) is 13.8. The zero-order valence-corrected chi connectivity index (χ0v) is 15.1. The van der Waals surface area contributed by atoms with Crippen LogP contribution in [-0.4, -0.2) is 38.7 Å². The van der Waals surface area contributed by atoms with Crippen LogP contribution in [0.15, 0.2) is 36.4 Å². The maximum atomic E-state index is 12.3. The van der Waals surface area contributed by atoms with Crippen LogP contribution in [0.25, 0.3) is 0 Å². The highest BCUT2D eigenvalue weighted by Crippen LogP contribution is 2.34. The first kappa shape index (κ1) is 19.6. The molecule has 0 aromatic heterocycles. The maximum absolute atomic E-state index is 12.3. The molecule has 27 heavy (non-hydrogen) atoms. The number of rotatable bonds is 6. The van der Waals surface area contributed by atoms with E-state index in [1.807, 2.05) is 0 Å². The largest absolute Gasteiger partial charge is 0.497 e. The standard InChI is InChI=1S/C19H18N2O6/c1-25-14-8-6-13(7-9-14)5-4-10-20-19(22)15-11-17(26-2)18(27-3)12-16(15)21(23)24/h6-9,11-12H,10H2,1-3H3,(H,20,22). The minimum absolute atomic E-state index is 0.0242. The van der Waals surface area contributed by atoms with Crippen LogP contribution in [0, 0.1) is 22.0 Å². The molecule has 140 valence electrons.